The summed E-state index contributed by atoms with van der Waals surface area (Å²) in [7, 11) is 1.54. The van der Waals surface area contributed by atoms with E-state index in [1.807, 2.05) is 18.2 Å². The zero-order valence-electron chi connectivity index (χ0n) is 18.5. The van der Waals surface area contributed by atoms with Crippen LogP contribution in [0, 0.1) is 11.7 Å². The Labute approximate surface area is 202 Å². The lowest BCUT2D eigenvalue weighted by Gasteiger charge is -2.13. The Morgan fingerprint density at radius 3 is 2.46 bits per heavy atom. The number of carboxylic acids is 1. The van der Waals surface area contributed by atoms with Gasteiger partial charge in [-0.05, 0) is 66.8 Å². The highest BCUT2D eigenvalue weighted by Crippen LogP contribution is 2.40. The van der Waals surface area contributed by atoms with Crippen molar-refractivity contribution < 1.29 is 23.5 Å². The molecule has 180 valence electrons. The molecule has 35 heavy (non-hydrogen) atoms. The molecular weight excluding hydrogens is 447 g/mol. The van der Waals surface area contributed by atoms with E-state index in [1.54, 1.807) is 37.4 Å². The lowest BCUT2D eigenvalue weighted by atomic mass is 9.97. The van der Waals surface area contributed by atoms with Gasteiger partial charge in [0.2, 0.25) is 0 Å². The van der Waals surface area contributed by atoms with E-state index in [4.69, 9.17) is 4.42 Å². The van der Waals surface area contributed by atoms with Crippen molar-refractivity contribution in [2.45, 2.75) is 20.3 Å². The number of benzene rings is 3. The molecule has 1 saturated carbocycles. The van der Waals surface area contributed by atoms with Crippen molar-refractivity contribution in [1.29, 1.82) is 0 Å². The Balaban J connectivity index is 0.00000289. The van der Waals surface area contributed by atoms with Crippen molar-refractivity contribution in [2.75, 3.05) is 18.9 Å². The third-order valence-corrected chi connectivity index (χ3v) is 6.09. The second-order valence-corrected chi connectivity index (χ2v) is 8.50. The molecule has 0 aliphatic heterocycles. The molecule has 1 amide bonds. The SMILES string of the molecule is C.CNC(=O)c1c(-c2ccc(F)cc2)oc2cc(NCC3CC3)c(-c3cccc(C(=O)O)c3)cc12. The van der Waals surface area contributed by atoms with Gasteiger partial charge in [-0.2, -0.15) is 0 Å². The van der Waals surface area contributed by atoms with Gasteiger partial charge in [0, 0.05) is 41.9 Å². The molecule has 7 heteroatoms. The number of nitrogens with one attached hydrogen (secondary N) is 2. The Kier molecular flexibility index (Phi) is 6.60. The number of carbonyl (C=O) groups is 2. The van der Waals surface area contributed by atoms with Crippen LogP contribution in [-0.4, -0.2) is 30.6 Å². The second-order valence-electron chi connectivity index (χ2n) is 8.50. The highest BCUT2D eigenvalue weighted by molar-refractivity contribution is 6.13. The van der Waals surface area contributed by atoms with Crippen LogP contribution >= 0.6 is 0 Å². The smallest absolute Gasteiger partial charge is 0.335 e. The van der Waals surface area contributed by atoms with Crippen LogP contribution in [0.1, 0.15) is 41.0 Å². The van der Waals surface area contributed by atoms with Crippen LogP contribution in [0.4, 0.5) is 10.1 Å². The summed E-state index contributed by atoms with van der Waals surface area (Å²) in [5.41, 5.74) is 3.89. The number of carboxylic acid groups (broad SMARTS) is 1. The van der Waals surface area contributed by atoms with E-state index in [0.29, 0.717) is 39.3 Å². The van der Waals surface area contributed by atoms with Crippen LogP contribution in [0.25, 0.3) is 33.4 Å². The van der Waals surface area contributed by atoms with E-state index in [0.717, 1.165) is 17.8 Å². The van der Waals surface area contributed by atoms with Crippen molar-refractivity contribution >= 4 is 28.5 Å². The number of anilines is 1. The summed E-state index contributed by atoms with van der Waals surface area (Å²) < 4.78 is 19.7. The van der Waals surface area contributed by atoms with E-state index in [9.17, 15) is 19.1 Å². The molecule has 5 rings (SSSR count). The minimum Gasteiger partial charge on any atom is -0.478 e. The van der Waals surface area contributed by atoms with E-state index in [1.165, 1.54) is 25.0 Å². The first-order chi connectivity index (χ1) is 16.4. The quantitative estimate of drug-likeness (QED) is 0.287. The normalized spacial score (nSPS) is 12.7. The summed E-state index contributed by atoms with van der Waals surface area (Å²) in [6.45, 7) is 0.797. The number of hydrogen-bond acceptors (Lipinski definition) is 4. The largest absolute Gasteiger partial charge is 0.478 e. The summed E-state index contributed by atoms with van der Waals surface area (Å²) in [5.74, 6) is -0.764. The van der Waals surface area contributed by atoms with E-state index in [2.05, 4.69) is 10.6 Å². The Hall–Kier alpha value is -4.13. The van der Waals surface area contributed by atoms with E-state index < -0.39 is 5.97 Å². The maximum Gasteiger partial charge on any atom is 0.335 e. The molecule has 4 aromatic rings. The fourth-order valence-electron chi connectivity index (χ4n) is 4.08. The standard InChI is InChI=1S/C27H23FN2O4.CH4/c1-29-26(31)24-21-12-20(17-3-2-4-18(11-17)27(32)33)22(30-14-15-5-6-15)13-23(21)34-25(24)16-7-9-19(28)10-8-16;/h2-4,7-13,15,30H,5-6,14H2,1H3,(H,29,31)(H,32,33);1H4. The Morgan fingerprint density at radius 1 is 1.06 bits per heavy atom. The molecule has 1 fully saturated rings. The van der Waals surface area contributed by atoms with Gasteiger partial charge in [0.25, 0.3) is 5.91 Å². The molecule has 0 atom stereocenters. The van der Waals surface area contributed by atoms with E-state index in [-0.39, 0.29) is 24.7 Å². The summed E-state index contributed by atoms with van der Waals surface area (Å²) in [6, 6.07) is 16.2. The number of rotatable bonds is 7. The maximum absolute atomic E-state index is 13.5. The molecule has 1 aliphatic carbocycles. The van der Waals surface area contributed by atoms with Crippen molar-refractivity contribution in [3.63, 3.8) is 0 Å². The fraction of sp³-hybridized carbons (Fsp3) is 0.214. The maximum atomic E-state index is 13.5. The van der Waals surface area contributed by atoms with Gasteiger partial charge >= 0.3 is 5.97 Å². The summed E-state index contributed by atoms with van der Waals surface area (Å²) in [4.78, 5) is 24.5. The molecule has 3 aromatic carbocycles. The number of amides is 1. The molecule has 0 unspecified atom stereocenters. The molecule has 0 bridgehead atoms. The number of aromatic carboxylic acids is 1. The number of hydrogen-bond donors (Lipinski definition) is 3. The lowest BCUT2D eigenvalue weighted by molar-refractivity contribution is 0.0696. The molecule has 6 nitrogen and oxygen atoms in total. The van der Waals surface area contributed by atoms with Crippen molar-refractivity contribution in [3.05, 3.63) is 77.6 Å². The second kappa shape index (κ2) is 9.62. The van der Waals surface area contributed by atoms with Gasteiger partial charge in [-0.1, -0.05) is 19.6 Å². The van der Waals surface area contributed by atoms with Crippen LogP contribution in [0.3, 0.4) is 0 Å². The van der Waals surface area contributed by atoms with Gasteiger partial charge in [0.1, 0.15) is 17.2 Å². The first-order valence-electron chi connectivity index (χ1n) is 11.1. The molecule has 3 N–H and O–H groups in total. The Bertz CT molecular complexity index is 1400. The molecule has 1 heterocycles. The third kappa shape index (κ3) is 4.75. The van der Waals surface area contributed by atoms with Crippen LogP contribution in [0.5, 0.6) is 0 Å². The van der Waals surface area contributed by atoms with Gasteiger partial charge in [-0.3, -0.25) is 4.79 Å². The van der Waals surface area contributed by atoms with Gasteiger partial charge in [-0.25, -0.2) is 9.18 Å². The monoisotopic (exact) mass is 474 g/mol. The minimum atomic E-state index is -1.01. The highest BCUT2D eigenvalue weighted by Gasteiger charge is 2.25. The number of halogens is 1. The van der Waals surface area contributed by atoms with Crippen LogP contribution < -0.4 is 10.6 Å². The minimum absolute atomic E-state index is 0. The summed E-state index contributed by atoms with van der Waals surface area (Å²) >= 11 is 0. The number of furan rings is 1. The molecule has 1 aromatic heterocycles. The highest BCUT2D eigenvalue weighted by atomic mass is 19.1. The predicted molar refractivity (Wildman–Crippen MR) is 135 cm³/mol. The molecule has 0 radical (unpaired) electrons. The fourth-order valence-corrected chi connectivity index (χ4v) is 4.08. The van der Waals surface area contributed by atoms with E-state index >= 15 is 0 Å². The van der Waals surface area contributed by atoms with Gasteiger partial charge in [-0.15, -0.1) is 0 Å². The summed E-state index contributed by atoms with van der Waals surface area (Å²) in [6.07, 6.45) is 2.35. The van der Waals surface area contributed by atoms with Gasteiger partial charge in [0.15, 0.2) is 0 Å². The zero-order chi connectivity index (χ0) is 23.8. The average molecular weight is 475 g/mol. The van der Waals surface area contributed by atoms with Gasteiger partial charge in [0.05, 0.1) is 11.1 Å². The molecular formula is C28H27FN2O4. The van der Waals surface area contributed by atoms with Crippen LogP contribution in [-0.2, 0) is 0 Å². The topological polar surface area (TPSA) is 91.6 Å². The molecule has 0 spiro atoms. The third-order valence-electron chi connectivity index (χ3n) is 6.09. The average Bonchev–Trinajstić information content (AvgIpc) is 3.61. The van der Waals surface area contributed by atoms with Gasteiger partial charge < -0.3 is 20.2 Å². The Morgan fingerprint density at radius 2 is 1.80 bits per heavy atom. The first kappa shape index (κ1) is 24.0. The van der Waals surface area contributed by atoms with Crippen molar-refractivity contribution in [2.24, 2.45) is 5.92 Å². The van der Waals surface area contributed by atoms with Crippen molar-refractivity contribution in [1.82, 2.24) is 5.32 Å². The first-order valence-corrected chi connectivity index (χ1v) is 11.1. The van der Waals surface area contributed by atoms with Crippen molar-refractivity contribution in [3.8, 4) is 22.5 Å². The zero-order valence-corrected chi connectivity index (χ0v) is 18.5. The van der Waals surface area contributed by atoms with Crippen LogP contribution in [0.15, 0.2) is 65.1 Å². The summed E-state index contributed by atoms with van der Waals surface area (Å²) in [5, 5.41) is 16.2. The lowest BCUT2D eigenvalue weighted by Crippen LogP contribution is -2.18. The van der Waals surface area contributed by atoms with Crippen LogP contribution in [0.2, 0.25) is 0 Å². The molecule has 0 saturated heterocycles. The number of fused-ring (bicyclic) bond motifs is 1. The predicted octanol–water partition coefficient (Wildman–Crippen LogP) is 6.42. The molecule has 1 aliphatic rings. The number of carbonyl (C=O) groups excluding carboxylic acids is 1.